The standard InChI is InChI=1S/C9H11ClFN/c1-6(2)12-7-3-4-8(10)9(11)5-7/h3-6,12H,1-2H3. The van der Waals surface area contributed by atoms with E-state index in [2.05, 4.69) is 5.32 Å². The monoisotopic (exact) mass is 187 g/mol. The molecule has 0 atom stereocenters. The van der Waals surface area contributed by atoms with Crippen molar-refractivity contribution in [1.82, 2.24) is 0 Å². The van der Waals surface area contributed by atoms with Gasteiger partial charge in [-0.2, -0.15) is 0 Å². The third-order valence-electron chi connectivity index (χ3n) is 1.37. The number of benzene rings is 1. The van der Waals surface area contributed by atoms with Gasteiger partial charge in [-0.25, -0.2) is 4.39 Å². The molecule has 1 aromatic rings. The molecule has 0 unspecified atom stereocenters. The molecule has 12 heavy (non-hydrogen) atoms. The quantitative estimate of drug-likeness (QED) is 0.749. The van der Waals surface area contributed by atoms with Gasteiger partial charge in [-0.3, -0.25) is 0 Å². The largest absolute Gasteiger partial charge is 0.383 e. The molecule has 0 saturated carbocycles. The fraction of sp³-hybridized carbons (Fsp3) is 0.333. The molecule has 0 heterocycles. The minimum atomic E-state index is -0.387. The van der Waals surface area contributed by atoms with Crippen LogP contribution < -0.4 is 5.32 Å². The molecule has 1 nitrogen and oxygen atoms in total. The Hall–Kier alpha value is -0.760. The number of hydrogen-bond acceptors (Lipinski definition) is 1. The zero-order valence-electron chi connectivity index (χ0n) is 7.07. The van der Waals surface area contributed by atoms with Gasteiger partial charge in [0, 0.05) is 11.7 Å². The lowest BCUT2D eigenvalue weighted by Crippen LogP contribution is -2.09. The van der Waals surface area contributed by atoms with E-state index in [4.69, 9.17) is 11.6 Å². The van der Waals surface area contributed by atoms with Gasteiger partial charge in [-0.15, -0.1) is 0 Å². The van der Waals surface area contributed by atoms with Crippen LogP contribution >= 0.6 is 11.6 Å². The molecule has 0 saturated heterocycles. The van der Waals surface area contributed by atoms with Gasteiger partial charge in [0.2, 0.25) is 0 Å². The van der Waals surface area contributed by atoms with E-state index in [1.165, 1.54) is 6.07 Å². The van der Waals surface area contributed by atoms with Crippen molar-refractivity contribution < 1.29 is 4.39 Å². The summed E-state index contributed by atoms with van der Waals surface area (Å²) >= 11 is 5.51. The van der Waals surface area contributed by atoms with Crippen LogP contribution in [0.5, 0.6) is 0 Å². The van der Waals surface area contributed by atoms with E-state index >= 15 is 0 Å². The fourth-order valence-electron chi connectivity index (χ4n) is 0.919. The summed E-state index contributed by atoms with van der Waals surface area (Å²) < 4.78 is 12.9. The Morgan fingerprint density at radius 1 is 1.42 bits per heavy atom. The average molecular weight is 188 g/mol. The van der Waals surface area contributed by atoms with E-state index < -0.39 is 0 Å². The summed E-state index contributed by atoms with van der Waals surface area (Å²) in [5, 5.41) is 3.23. The highest BCUT2D eigenvalue weighted by molar-refractivity contribution is 6.30. The van der Waals surface area contributed by atoms with Crippen LogP contribution in [0.1, 0.15) is 13.8 Å². The summed E-state index contributed by atoms with van der Waals surface area (Å²) in [5.74, 6) is -0.387. The molecule has 3 heteroatoms. The Balaban J connectivity index is 2.82. The van der Waals surface area contributed by atoms with Gasteiger partial charge >= 0.3 is 0 Å². The summed E-state index contributed by atoms with van der Waals surface area (Å²) in [5.41, 5.74) is 0.756. The van der Waals surface area contributed by atoms with Crippen molar-refractivity contribution in [3.05, 3.63) is 29.0 Å². The molecule has 0 amide bonds. The van der Waals surface area contributed by atoms with Crippen LogP contribution in [0.3, 0.4) is 0 Å². The first-order chi connectivity index (χ1) is 5.59. The van der Waals surface area contributed by atoms with Gasteiger partial charge in [-0.1, -0.05) is 11.6 Å². The van der Waals surface area contributed by atoms with E-state index in [-0.39, 0.29) is 10.8 Å². The first-order valence-corrected chi connectivity index (χ1v) is 4.19. The molecule has 0 fully saturated rings. The second-order valence-electron chi connectivity index (χ2n) is 2.93. The predicted octanol–water partition coefficient (Wildman–Crippen LogP) is 3.30. The molecule has 0 spiro atoms. The van der Waals surface area contributed by atoms with E-state index in [9.17, 15) is 4.39 Å². The maximum atomic E-state index is 12.9. The maximum absolute atomic E-state index is 12.9. The smallest absolute Gasteiger partial charge is 0.143 e. The van der Waals surface area contributed by atoms with Gasteiger partial charge < -0.3 is 5.32 Å². The number of anilines is 1. The Morgan fingerprint density at radius 2 is 2.08 bits per heavy atom. The molecular formula is C9H11ClFN. The highest BCUT2D eigenvalue weighted by Gasteiger charge is 2.00. The van der Waals surface area contributed by atoms with Crippen molar-refractivity contribution in [3.8, 4) is 0 Å². The second-order valence-corrected chi connectivity index (χ2v) is 3.34. The number of rotatable bonds is 2. The predicted molar refractivity (Wildman–Crippen MR) is 50.2 cm³/mol. The summed E-state index contributed by atoms with van der Waals surface area (Å²) in [6.07, 6.45) is 0. The Bertz CT molecular complexity index is 273. The third-order valence-corrected chi connectivity index (χ3v) is 1.68. The van der Waals surface area contributed by atoms with Crippen LogP contribution in [0.4, 0.5) is 10.1 Å². The van der Waals surface area contributed by atoms with Gasteiger partial charge in [0.25, 0.3) is 0 Å². The second kappa shape index (κ2) is 3.76. The lowest BCUT2D eigenvalue weighted by atomic mass is 10.3. The first-order valence-electron chi connectivity index (χ1n) is 3.81. The maximum Gasteiger partial charge on any atom is 0.143 e. The van der Waals surface area contributed by atoms with Gasteiger partial charge in [0.1, 0.15) is 5.82 Å². The van der Waals surface area contributed by atoms with Crippen molar-refractivity contribution >= 4 is 17.3 Å². The number of hydrogen-bond donors (Lipinski definition) is 1. The zero-order valence-corrected chi connectivity index (χ0v) is 7.82. The van der Waals surface area contributed by atoms with E-state index in [1.807, 2.05) is 13.8 Å². The summed E-state index contributed by atoms with van der Waals surface area (Å²) in [6, 6.07) is 4.99. The van der Waals surface area contributed by atoms with Crippen LogP contribution in [-0.4, -0.2) is 6.04 Å². The molecule has 66 valence electrons. The Morgan fingerprint density at radius 3 is 2.58 bits per heavy atom. The van der Waals surface area contributed by atoms with Crippen LogP contribution in [0.25, 0.3) is 0 Å². The van der Waals surface area contributed by atoms with Crippen molar-refractivity contribution in [3.63, 3.8) is 0 Å². The summed E-state index contributed by atoms with van der Waals surface area (Å²) in [7, 11) is 0. The summed E-state index contributed by atoms with van der Waals surface area (Å²) in [4.78, 5) is 0. The first kappa shape index (κ1) is 9.33. The van der Waals surface area contributed by atoms with Crippen LogP contribution in [0.2, 0.25) is 5.02 Å². The van der Waals surface area contributed by atoms with Gasteiger partial charge in [0.15, 0.2) is 0 Å². The van der Waals surface area contributed by atoms with E-state index in [0.29, 0.717) is 6.04 Å². The molecule has 0 radical (unpaired) electrons. The molecule has 1 rings (SSSR count). The van der Waals surface area contributed by atoms with Crippen LogP contribution in [0.15, 0.2) is 18.2 Å². The molecule has 0 aliphatic carbocycles. The molecular weight excluding hydrogens is 177 g/mol. The summed E-state index contributed by atoms with van der Waals surface area (Å²) in [6.45, 7) is 3.99. The zero-order chi connectivity index (χ0) is 9.14. The lowest BCUT2D eigenvalue weighted by molar-refractivity contribution is 0.628. The van der Waals surface area contributed by atoms with E-state index in [0.717, 1.165) is 5.69 Å². The normalized spacial score (nSPS) is 10.4. The van der Waals surface area contributed by atoms with E-state index in [1.54, 1.807) is 12.1 Å². The molecule has 0 aromatic heterocycles. The highest BCUT2D eigenvalue weighted by Crippen LogP contribution is 2.18. The molecule has 0 aliphatic heterocycles. The Kier molecular flexibility index (Phi) is 2.93. The minimum absolute atomic E-state index is 0.157. The van der Waals surface area contributed by atoms with Gasteiger partial charge in [0.05, 0.1) is 5.02 Å². The van der Waals surface area contributed by atoms with Crippen molar-refractivity contribution in [2.45, 2.75) is 19.9 Å². The number of halogens is 2. The third kappa shape index (κ3) is 2.38. The molecule has 0 bridgehead atoms. The van der Waals surface area contributed by atoms with Crippen LogP contribution in [0, 0.1) is 5.82 Å². The van der Waals surface area contributed by atoms with Crippen LogP contribution in [-0.2, 0) is 0 Å². The van der Waals surface area contributed by atoms with Gasteiger partial charge in [-0.05, 0) is 32.0 Å². The topological polar surface area (TPSA) is 12.0 Å². The molecule has 1 N–H and O–H groups in total. The van der Waals surface area contributed by atoms with Crippen molar-refractivity contribution in [1.29, 1.82) is 0 Å². The SMILES string of the molecule is CC(C)Nc1ccc(Cl)c(F)c1. The van der Waals surface area contributed by atoms with Crippen molar-refractivity contribution in [2.75, 3.05) is 5.32 Å². The lowest BCUT2D eigenvalue weighted by Gasteiger charge is -2.09. The highest BCUT2D eigenvalue weighted by atomic mass is 35.5. The molecule has 0 aliphatic rings. The van der Waals surface area contributed by atoms with Crippen molar-refractivity contribution in [2.24, 2.45) is 0 Å². The average Bonchev–Trinajstić information content (AvgIpc) is 1.96. The Labute approximate surface area is 76.5 Å². The fourth-order valence-corrected chi connectivity index (χ4v) is 1.04. The number of nitrogens with one attached hydrogen (secondary N) is 1. The minimum Gasteiger partial charge on any atom is -0.383 e. The molecule has 1 aromatic carbocycles.